The minimum absolute atomic E-state index is 0.0117. The van der Waals surface area contributed by atoms with E-state index in [-0.39, 0.29) is 6.04 Å². The van der Waals surface area contributed by atoms with Crippen molar-refractivity contribution in [2.45, 2.75) is 25.8 Å². The summed E-state index contributed by atoms with van der Waals surface area (Å²) in [6.45, 7) is 2.15. The van der Waals surface area contributed by atoms with Crippen LogP contribution < -0.4 is 10.5 Å². The molecule has 1 heterocycles. The van der Waals surface area contributed by atoms with Crippen LogP contribution >= 0.6 is 22.9 Å². The van der Waals surface area contributed by atoms with Crippen LogP contribution in [0.2, 0.25) is 5.02 Å². The number of thiophene rings is 1. The van der Waals surface area contributed by atoms with Crippen molar-refractivity contribution in [2.24, 2.45) is 5.73 Å². The molecule has 2 nitrogen and oxygen atoms in total. The lowest BCUT2D eigenvalue weighted by Crippen LogP contribution is -2.14. The van der Waals surface area contributed by atoms with Crippen LogP contribution in [0.1, 0.15) is 29.0 Å². The SMILES string of the molecule is CCc1ccsc1C(N)Cc1cc(Cl)ccc1OC. The maximum Gasteiger partial charge on any atom is 0.122 e. The van der Waals surface area contributed by atoms with Gasteiger partial charge in [-0.15, -0.1) is 11.3 Å². The molecule has 0 spiro atoms. The first-order chi connectivity index (χ1) is 9.15. The Labute approximate surface area is 123 Å². The molecule has 0 radical (unpaired) electrons. The third-order valence-electron chi connectivity index (χ3n) is 3.18. The van der Waals surface area contributed by atoms with Gasteiger partial charge in [-0.3, -0.25) is 0 Å². The molecule has 0 amide bonds. The summed E-state index contributed by atoms with van der Waals surface area (Å²) in [5.41, 5.74) is 8.72. The maximum absolute atomic E-state index is 6.33. The normalized spacial score (nSPS) is 12.4. The van der Waals surface area contributed by atoms with Crippen LogP contribution in [-0.2, 0) is 12.8 Å². The molecule has 1 aromatic heterocycles. The standard InChI is InChI=1S/C15H18ClNOS/c1-3-10-6-7-19-15(10)13(17)9-11-8-12(16)4-5-14(11)18-2/h4-8,13H,3,9,17H2,1-2H3. The van der Waals surface area contributed by atoms with E-state index in [4.69, 9.17) is 22.1 Å². The fourth-order valence-corrected chi connectivity index (χ4v) is 3.40. The van der Waals surface area contributed by atoms with E-state index in [0.717, 1.165) is 24.2 Å². The Balaban J connectivity index is 2.23. The van der Waals surface area contributed by atoms with Gasteiger partial charge in [-0.25, -0.2) is 0 Å². The highest BCUT2D eigenvalue weighted by Crippen LogP contribution is 2.30. The molecule has 1 aromatic carbocycles. The molecule has 102 valence electrons. The van der Waals surface area contributed by atoms with Crippen molar-refractivity contribution in [3.05, 3.63) is 50.7 Å². The minimum Gasteiger partial charge on any atom is -0.496 e. The summed E-state index contributed by atoms with van der Waals surface area (Å²) in [6.07, 6.45) is 1.75. The van der Waals surface area contributed by atoms with Crippen LogP contribution in [0, 0.1) is 0 Å². The Morgan fingerprint density at radius 1 is 1.32 bits per heavy atom. The molecule has 2 aromatic rings. The van der Waals surface area contributed by atoms with Gasteiger partial charge in [0, 0.05) is 15.9 Å². The average molecular weight is 296 g/mol. The first kappa shape index (κ1) is 14.4. The van der Waals surface area contributed by atoms with Crippen LogP contribution in [0.15, 0.2) is 29.6 Å². The van der Waals surface area contributed by atoms with Gasteiger partial charge >= 0.3 is 0 Å². The van der Waals surface area contributed by atoms with Crippen molar-refractivity contribution in [3.63, 3.8) is 0 Å². The number of hydrogen-bond acceptors (Lipinski definition) is 3. The van der Waals surface area contributed by atoms with E-state index in [9.17, 15) is 0 Å². The summed E-state index contributed by atoms with van der Waals surface area (Å²) in [4.78, 5) is 1.25. The molecule has 0 fully saturated rings. The second-order valence-electron chi connectivity index (χ2n) is 4.43. The van der Waals surface area contributed by atoms with E-state index in [2.05, 4.69) is 18.4 Å². The molecule has 4 heteroatoms. The zero-order chi connectivity index (χ0) is 13.8. The molecular formula is C15H18ClNOS. The largest absolute Gasteiger partial charge is 0.496 e. The lowest BCUT2D eigenvalue weighted by molar-refractivity contribution is 0.408. The van der Waals surface area contributed by atoms with Crippen molar-refractivity contribution in [3.8, 4) is 5.75 Å². The zero-order valence-corrected chi connectivity index (χ0v) is 12.7. The smallest absolute Gasteiger partial charge is 0.122 e. The third-order valence-corrected chi connectivity index (χ3v) is 4.51. The van der Waals surface area contributed by atoms with Gasteiger partial charge in [-0.2, -0.15) is 0 Å². The van der Waals surface area contributed by atoms with Crippen LogP contribution in [0.4, 0.5) is 0 Å². The molecule has 1 unspecified atom stereocenters. The highest BCUT2D eigenvalue weighted by atomic mass is 35.5. The van der Waals surface area contributed by atoms with Gasteiger partial charge in [-0.1, -0.05) is 18.5 Å². The van der Waals surface area contributed by atoms with Crippen molar-refractivity contribution >= 4 is 22.9 Å². The Morgan fingerprint density at radius 2 is 2.11 bits per heavy atom. The van der Waals surface area contributed by atoms with Crippen LogP contribution in [0.25, 0.3) is 0 Å². The molecule has 0 aliphatic heterocycles. The van der Waals surface area contributed by atoms with Crippen molar-refractivity contribution in [1.82, 2.24) is 0 Å². The van der Waals surface area contributed by atoms with E-state index in [1.54, 1.807) is 18.4 Å². The molecule has 2 N–H and O–H groups in total. The molecule has 0 aliphatic rings. The van der Waals surface area contributed by atoms with E-state index < -0.39 is 0 Å². The van der Waals surface area contributed by atoms with Crippen LogP contribution in [-0.4, -0.2) is 7.11 Å². The molecule has 0 saturated heterocycles. The molecule has 19 heavy (non-hydrogen) atoms. The first-order valence-corrected chi connectivity index (χ1v) is 7.55. The summed E-state index contributed by atoms with van der Waals surface area (Å²) in [7, 11) is 1.67. The van der Waals surface area contributed by atoms with Gasteiger partial charge in [0.1, 0.15) is 5.75 Å². The van der Waals surface area contributed by atoms with Crippen LogP contribution in [0.5, 0.6) is 5.75 Å². The van der Waals surface area contributed by atoms with Gasteiger partial charge in [0.2, 0.25) is 0 Å². The molecule has 0 bridgehead atoms. The number of hydrogen-bond donors (Lipinski definition) is 1. The van der Waals surface area contributed by atoms with Crippen molar-refractivity contribution < 1.29 is 4.74 Å². The zero-order valence-electron chi connectivity index (χ0n) is 11.2. The Hall–Kier alpha value is -1.03. The predicted octanol–water partition coefficient (Wildman–Crippen LogP) is 4.22. The second-order valence-corrected chi connectivity index (χ2v) is 5.81. The van der Waals surface area contributed by atoms with E-state index in [0.29, 0.717) is 5.02 Å². The summed E-state index contributed by atoms with van der Waals surface area (Å²) < 4.78 is 5.36. The number of rotatable bonds is 5. The van der Waals surface area contributed by atoms with Gasteiger partial charge < -0.3 is 10.5 Å². The number of ether oxygens (including phenoxy) is 1. The summed E-state index contributed by atoms with van der Waals surface area (Å²) in [5, 5.41) is 2.81. The Morgan fingerprint density at radius 3 is 2.79 bits per heavy atom. The van der Waals surface area contributed by atoms with Crippen molar-refractivity contribution in [1.29, 1.82) is 0 Å². The molecule has 1 atom stereocenters. The number of methoxy groups -OCH3 is 1. The molecule has 0 aliphatic carbocycles. The number of halogens is 1. The van der Waals surface area contributed by atoms with Crippen molar-refractivity contribution in [2.75, 3.05) is 7.11 Å². The van der Waals surface area contributed by atoms with E-state index >= 15 is 0 Å². The van der Waals surface area contributed by atoms with E-state index in [1.807, 2.05) is 18.2 Å². The number of aryl methyl sites for hydroxylation is 1. The highest BCUT2D eigenvalue weighted by Gasteiger charge is 2.15. The maximum atomic E-state index is 6.33. The number of benzene rings is 1. The molecule has 2 rings (SSSR count). The van der Waals surface area contributed by atoms with Gasteiger partial charge in [0.25, 0.3) is 0 Å². The lowest BCUT2D eigenvalue weighted by Gasteiger charge is -2.15. The quantitative estimate of drug-likeness (QED) is 0.896. The summed E-state index contributed by atoms with van der Waals surface area (Å²) in [6, 6.07) is 7.79. The Kier molecular flexibility index (Phi) is 4.86. The Bertz CT molecular complexity index is 553. The molecular weight excluding hydrogens is 278 g/mol. The number of nitrogens with two attached hydrogens (primary N) is 1. The lowest BCUT2D eigenvalue weighted by atomic mass is 10.0. The van der Waals surface area contributed by atoms with E-state index in [1.165, 1.54) is 10.4 Å². The summed E-state index contributed by atoms with van der Waals surface area (Å²) in [5.74, 6) is 0.842. The fourth-order valence-electron chi connectivity index (χ4n) is 2.20. The van der Waals surface area contributed by atoms with Crippen LogP contribution in [0.3, 0.4) is 0 Å². The molecule has 0 saturated carbocycles. The van der Waals surface area contributed by atoms with Gasteiger partial charge in [0.05, 0.1) is 7.11 Å². The minimum atomic E-state index is -0.0117. The monoisotopic (exact) mass is 295 g/mol. The average Bonchev–Trinajstić information content (AvgIpc) is 2.87. The third kappa shape index (κ3) is 3.30. The summed E-state index contributed by atoms with van der Waals surface area (Å²) >= 11 is 7.77. The fraction of sp³-hybridized carbons (Fsp3) is 0.333. The predicted molar refractivity (Wildman–Crippen MR) is 82.3 cm³/mol. The van der Waals surface area contributed by atoms with Gasteiger partial charge in [0.15, 0.2) is 0 Å². The topological polar surface area (TPSA) is 35.2 Å². The van der Waals surface area contributed by atoms with Gasteiger partial charge in [-0.05, 0) is 53.6 Å². The second kappa shape index (κ2) is 6.42. The first-order valence-electron chi connectivity index (χ1n) is 6.30. The highest BCUT2D eigenvalue weighted by molar-refractivity contribution is 7.10.